The lowest BCUT2D eigenvalue weighted by Crippen LogP contribution is -2.35. The largest absolute Gasteiger partial charge is 0.480 e. The highest BCUT2D eigenvalue weighted by Gasteiger charge is 2.37. The highest BCUT2D eigenvalue weighted by atomic mass is 79.9. The lowest BCUT2D eigenvalue weighted by molar-refractivity contribution is -0.137. The van der Waals surface area contributed by atoms with Crippen LogP contribution >= 0.6 is 15.9 Å². The van der Waals surface area contributed by atoms with Gasteiger partial charge in [-0.05, 0) is 40.2 Å². The van der Waals surface area contributed by atoms with E-state index in [1.54, 1.807) is 36.8 Å². The zero-order valence-corrected chi connectivity index (χ0v) is 18.7. The minimum absolute atomic E-state index is 0.270. The fourth-order valence-corrected chi connectivity index (χ4v) is 3.53. The van der Waals surface area contributed by atoms with Gasteiger partial charge in [-0.15, -0.1) is 0 Å². The van der Waals surface area contributed by atoms with Crippen LogP contribution in [0.2, 0.25) is 0 Å². The molecule has 3 amide bonds. The van der Waals surface area contributed by atoms with Gasteiger partial charge in [-0.2, -0.15) is 4.98 Å². The monoisotopic (exact) mass is 514 g/mol. The van der Waals surface area contributed by atoms with Crippen LogP contribution in [0.4, 0.5) is 27.9 Å². The Labute approximate surface area is 196 Å². The van der Waals surface area contributed by atoms with Crippen LogP contribution in [0.3, 0.4) is 0 Å². The quantitative estimate of drug-likeness (QED) is 0.314. The van der Waals surface area contributed by atoms with Crippen molar-refractivity contribution in [1.82, 2.24) is 24.8 Å². The van der Waals surface area contributed by atoms with Gasteiger partial charge in [0, 0.05) is 31.0 Å². The number of H-pyrrole nitrogens is 1. The second kappa shape index (κ2) is 9.65. The Morgan fingerprint density at radius 3 is 2.70 bits per heavy atom. The molecule has 3 aromatic rings. The lowest BCUT2D eigenvalue weighted by Gasteiger charge is -2.16. The van der Waals surface area contributed by atoms with Crippen molar-refractivity contribution in [3.8, 4) is 0 Å². The van der Waals surface area contributed by atoms with Gasteiger partial charge in [-0.1, -0.05) is 0 Å². The molecule has 1 fully saturated rings. The van der Waals surface area contributed by atoms with E-state index in [-0.39, 0.29) is 6.54 Å². The van der Waals surface area contributed by atoms with E-state index in [1.165, 1.54) is 0 Å². The van der Waals surface area contributed by atoms with Gasteiger partial charge in [0.2, 0.25) is 5.95 Å². The number of amides is 3. The van der Waals surface area contributed by atoms with Gasteiger partial charge >= 0.3 is 12.0 Å². The van der Waals surface area contributed by atoms with Gasteiger partial charge in [0.1, 0.15) is 18.9 Å². The first-order chi connectivity index (χ1) is 15.9. The molecule has 0 atom stereocenters. The van der Waals surface area contributed by atoms with Crippen molar-refractivity contribution >= 4 is 57.0 Å². The maximum absolute atomic E-state index is 12.4. The first-order valence-electron chi connectivity index (χ1n) is 9.85. The number of carbonyl (C=O) groups excluding carboxylic acids is 2. The van der Waals surface area contributed by atoms with Crippen molar-refractivity contribution in [2.24, 2.45) is 0 Å². The number of carboxylic acid groups (broad SMARTS) is 1. The number of imide groups is 1. The third-order valence-corrected chi connectivity index (χ3v) is 5.30. The number of nitrogens with zero attached hydrogens (tertiary/aromatic N) is 5. The molecule has 33 heavy (non-hydrogen) atoms. The Kier molecular flexibility index (Phi) is 6.49. The summed E-state index contributed by atoms with van der Waals surface area (Å²) in [6, 6.07) is 5.86. The molecule has 1 aliphatic heterocycles. The fourth-order valence-electron chi connectivity index (χ4n) is 3.20. The predicted octanol–water partition coefficient (Wildman–Crippen LogP) is 2.21. The first kappa shape index (κ1) is 22.2. The number of anilines is 4. The molecule has 0 bridgehead atoms. The van der Waals surface area contributed by atoms with Crippen molar-refractivity contribution in [2.75, 3.05) is 35.2 Å². The van der Waals surface area contributed by atoms with E-state index in [0.29, 0.717) is 34.2 Å². The van der Waals surface area contributed by atoms with E-state index in [0.717, 1.165) is 21.9 Å². The summed E-state index contributed by atoms with van der Waals surface area (Å²) in [5, 5.41) is 15.2. The molecule has 0 radical (unpaired) electrons. The Hall–Kier alpha value is -4.00. The molecule has 1 saturated heterocycles. The van der Waals surface area contributed by atoms with Crippen LogP contribution in [-0.2, 0) is 16.0 Å². The van der Waals surface area contributed by atoms with Crippen LogP contribution in [0.1, 0.15) is 5.69 Å². The van der Waals surface area contributed by atoms with E-state index < -0.39 is 24.5 Å². The van der Waals surface area contributed by atoms with Gasteiger partial charge < -0.3 is 25.6 Å². The summed E-state index contributed by atoms with van der Waals surface area (Å²) in [5.74, 6) is -0.689. The number of hydrogen-bond donors (Lipinski definition) is 4. The molecule has 170 valence electrons. The van der Waals surface area contributed by atoms with E-state index in [2.05, 4.69) is 46.5 Å². The molecule has 0 unspecified atom stereocenters. The number of nitrogens with one attached hydrogen (secondary N) is 3. The molecule has 4 N–H and O–H groups in total. The smallest absolute Gasteiger partial charge is 0.332 e. The lowest BCUT2D eigenvalue weighted by atomic mass is 10.2. The summed E-state index contributed by atoms with van der Waals surface area (Å²) < 4.78 is 0.711. The number of aromatic amines is 1. The highest BCUT2D eigenvalue weighted by Crippen LogP contribution is 2.25. The molecule has 4 rings (SSSR count). The molecular formula is C20H19BrN8O4. The van der Waals surface area contributed by atoms with E-state index in [1.807, 2.05) is 6.20 Å². The van der Waals surface area contributed by atoms with Crippen molar-refractivity contribution in [3.05, 3.63) is 53.2 Å². The average Bonchev–Trinajstić information content (AvgIpc) is 3.39. The van der Waals surface area contributed by atoms with Crippen molar-refractivity contribution in [1.29, 1.82) is 0 Å². The Morgan fingerprint density at radius 2 is 2.00 bits per heavy atom. The van der Waals surface area contributed by atoms with Crippen LogP contribution in [-0.4, -0.2) is 67.5 Å². The molecule has 1 aliphatic rings. The minimum atomic E-state index is -1.18. The van der Waals surface area contributed by atoms with Crippen LogP contribution in [0.25, 0.3) is 0 Å². The summed E-state index contributed by atoms with van der Waals surface area (Å²) in [4.78, 5) is 53.2. The van der Waals surface area contributed by atoms with E-state index in [4.69, 9.17) is 5.11 Å². The molecule has 12 nitrogen and oxygen atoms in total. The Morgan fingerprint density at radius 1 is 1.21 bits per heavy atom. The van der Waals surface area contributed by atoms with Crippen molar-refractivity contribution < 1.29 is 19.5 Å². The van der Waals surface area contributed by atoms with Crippen molar-refractivity contribution in [3.63, 3.8) is 0 Å². The highest BCUT2D eigenvalue weighted by molar-refractivity contribution is 9.10. The molecule has 0 saturated carbocycles. The number of aromatic nitrogens is 4. The zero-order valence-electron chi connectivity index (χ0n) is 17.2. The number of aliphatic carboxylic acids is 1. The number of imidazole rings is 1. The number of hydrogen-bond acceptors (Lipinski definition) is 8. The molecule has 13 heteroatoms. The summed E-state index contributed by atoms with van der Waals surface area (Å²) in [6.07, 6.45) is 5.81. The maximum Gasteiger partial charge on any atom is 0.332 e. The standard InChI is InChI=1S/C20H19BrN8O4/c21-15-8-24-19(27-18(15)23-6-5-13-7-22-11-25-13)26-12-1-3-14(4-2-12)29-16(30)9-28(20(29)33)10-17(31)32/h1-4,7-8,11H,5-6,9-10H2,(H,22,25)(H,31,32)(H2,23,24,26,27). The Balaban J connectivity index is 1.40. The van der Waals surface area contributed by atoms with Gasteiger partial charge in [0.25, 0.3) is 5.91 Å². The summed E-state index contributed by atoms with van der Waals surface area (Å²) >= 11 is 3.43. The van der Waals surface area contributed by atoms with E-state index in [9.17, 15) is 14.4 Å². The Bertz CT molecular complexity index is 1170. The second-order valence-corrected chi connectivity index (χ2v) is 7.92. The van der Waals surface area contributed by atoms with Crippen LogP contribution in [0, 0.1) is 0 Å². The predicted molar refractivity (Wildman–Crippen MR) is 122 cm³/mol. The van der Waals surface area contributed by atoms with Crippen LogP contribution in [0.5, 0.6) is 0 Å². The molecule has 3 heterocycles. The third-order valence-electron chi connectivity index (χ3n) is 4.72. The number of carboxylic acids is 1. The van der Waals surface area contributed by atoms with Gasteiger partial charge in [0.15, 0.2) is 0 Å². The normalized spacial score (nSPS) is 13.5. The van der Waals surface area contributed by atoms with Crippen LogP contribution < -0.4 is 15.5 Å². The zero-order chi connectivity index (χ0) is 23.4. The third kappa shape index (κ3) is 5.26. The van der Waals surface area contributed by atoms with E-state index >= 15 is 0 Å². The molecular weight excluding hydrogens is 496 g/mol. The number of halogens is 1. The topological polar surface area (TPSA) is 156 Å². The van der Waals surface area contributed by atoms with Crippen LogP contribution in [0.15, 0.2) is 47.5 Å². The minimum Gasteiger partial charge on any atom is -0.480 e. The average molecular weight is 515 g/mol. The molecule has 2 aromatic heterocycles. The van der Waals surface area contributed by atoms with Gasteiger partial charge in [0.05, 0.1) is 22.2 Å². The SMILES string of the molecule is O=C(O)CN1CC(=O)N(c2ccc(Nc3ncc(Br)c(NCCc4c[nH]cn4)n3)cc2)C1=O. The van der Waals surface area contributed by atoms with Gasteiger partial charge in [-0.25, -0.2) is 19.7 Å². The molecule has 0 spiro atoms. The van der Waals surface area contributed by atoms with Crippen molar-refractivity contribution in [2.45, 2.75) is 6.42 Å². The summed E-state index contributed by atoms with van der Waals surface area (Å²) in [7, 11) is 0. The maximum atomic E-state index is 12.4. The number of benzene rings is 1. The number of rotatable bonds is 9. The first-order valence-corrected chi connectivity index (χ1v) is 10.6. The summed E-state index contributed by atoms with van der Waals surface area (Å²) in [6.45, 7) is -0.168. The summed E-state index contributed by atoms with van der Waals surface area (Å²) in [5.41, 5.74) is 1.93. The molecule has 0 aliphatic carbocycles. The second-order valence-electron chi connectivity index (χ2n) is 7.06. The number of urea groups is 1. The van der Waals surface area contributed by atoms with Gasteiger partial charge in [-0.3, -0.25) is 9.59 Å². The fraction of sp³-hybridized carbons (Fsp3) is 0.200. The molecule has 1 aromatic carbocycles. The number of carbonyl (C=O) groups is 3.